The third-order valence-corrected chi connectivity index (χ3v) is 10.3. The molecule has 46 heavy (non-hydrogen) atoms. The quantitative estimate of drug-likeness (QED) is 0.190. The highest BCUT2D eigenvalue weighted by Gasteiger charge is 2.52. The van der Waals surface area contributed by atoms with Crippen molar-refractivity contribution in [3.63, 3.8) is 0 Å². The molecule has 0 aliphatic carbocycles. The van der Waals surface area contributed by atoms with Gasteiger partial charge in [-0.25, -0.2) is 0 Å². The van der Waals surface area contributed by atoms with E-state index in [1.807, 2.05) is 24.3 Å². The first kappa shape index (κ1) is 28.6. The maximum absolute atomic E-state index is 9.69. The molecule has 0 atom stereocenters. The fourth-order valence-corrected chi connectivity index (χ4v) is 6.96. The van der Waals surface area contributed by atoms with Crippen LogP contribution in [-0.2, 0) is 14.7 Å². The second-order valence-electron chi connectivity index (χ2n) is 14.0. The lowest BCUT2D eigenvalue weighted by molar-refractivity contribution is 0.00578. The van der Waals surface area contributed by atoms with Gasteiger partial charge in [-0.3, -0.25) is 0 Å². The van der Waals surface area contributed by atoms with Gasteiger partial charge in [-0.05, 0) is 98.9 Å². The van der Waals surface area contributed by atoms with Crippen LogP contribution in [0.4, 0.5) is 0 Å². The molecule has 6 heteroatoms. The van der Waals surface area contributed by atoms with E-state index in [0.717, 1.165) is 66.7 Å². The van der Waals surface area contributed by atoms with E-state index < -0.39 is 18.3 Å². The molecule has 0 spiro atoms. The number of ether oxygens (including phenoxy) is 1. The minimum atomic E-state index is -0.457. The standard InChI is InChI=1S/C40H35BN2O3/c1-38(2)32-16-13-27(22-36(32)44-37-23-28(15-17-33(37)38)41-45-39(3,4)40(5,6)46-41)26-14-19-35-31(21-26)30-20-25(24-42)12-18-34(30)43(35)29-10-8-7-9-11-29/h7-23H,1-6H3. The van der Waals surface area contributed by atoms with Gasteiger partial charge < -0.3 is 18.6 Å². The molecule has 0 unspecified atom stereocenters. The van der Waals surface area contributed by atoms with Gasteiger partial charge in [-0.2, -0.15) is 5.26 Å². The SMILES string of the molecule is CC1(C)c2ccc(B3OC(C)(C)C(C)(C)O3)cc2Oc2cc(-c3ccc4c(c3)c3cc(C#N)ccc3n4-c3ccccc3)ccc21. The molecule has 6 aromatic rings. The maximum Gasteiger partial charge on any atom is 0.494 e. The van der Waals surface area contributed by atoms with E-state index >= 15 is 0 Å². The number of nitrogens with zero attached hydrogens (tertiary/aromatic N) is 2. The smallest absolute Gasteiger partial charge is 0.457 e. The van der Waals surface area contributed by atoms with Gasteiger partial charge in [0.05, 0.1) is 33.9 Å². The molecule has 1 fully saturated rings. The second kappa shape index (κ2) is 9.84. The molecular formula is C40H35BN2O3. The number of para-hydroxylation sites is 1. The summed E-state index contributed by atoms with van der Waals surface area (Å²) in [6.07, 6.45) is 0. The van der Waals surface area contributed by atoms with Crippen molar-refractivity contribution in [2.24, 2.45) is 0 Å². The Bertz CT molecular complexity index is 2230. The van der Waals surface area contributed by atoms with Gasteiger partial charge in [0.25, 0.3) is 0 Å². The number of nitriles is 1. The van der Waals surface area contributed by atoms with Gasteiger partial charge in [-0.1, -0.05) is 62.4 Å². The van der Waals surface area contributed by atoms with Gasteiger partial charge in [0.15, 0.2) is 0 Å². The van der Waals surface area contributed by atoms with E-state index in [0.29, 0.717) is 5.56 Å². The van der Waals surface area contributed by atoms with Crippen LogP contribution in [0.25, 0.3) is 38.6 Å². The lowest BCUT2D eigenvalue weighted by Crippen LogP contribution is -2.41. The average molecular weight is 603 g/mol. The zero-order chi connectivity index (χ0) is 32.0. The van der Waals surface area contributed by atoms with Crippen molar-refractivity contribution in [2.45, 2.75) is 58.2 Å². The molecule has 226 valence electrons. The molecule has 0 bridgehead atoms. The summed E-state index contributed by atoms with van der Waals surface area (Å²) in [6.45, 7) is 12.8. The second-order valence-corrected chi connectivity index (χ2v) is 14.0. The predicted octanol–water partition coefficient (Wildman–Crippen LogP) is 9.05. The summed E-state index contributed by atoms with van der Waals surface area (Å²) < 4.78 is 21.6. The molecule has 0 saturated carbocycles. The van der Waals surface area contributed by atoms with Crippen molar-refractivity contribution in [3.05, 3.63) is 120 Å². The van der Waals surface area contributed by atoms with E-state index in [2.05, 4.69) is 131 Å². The summed E-state index contributed by atoms with van der Waals surface area (Å²) in [4.78, 5) is 0. The van der Waals surface area contributed by atoms with Crippen LogP contribution in [-0.4, -0.2) is 22.9 Å². The van der Waals surface area contributed by atoms with E-state index in [1.54, 1.807) is 0 Å². The van der Waals surface area contributed by atoms with Crippen LogP contribution >= 0.6 is 0 Å². The molecule has 0 N–H and O–H groups in total. The van der Waals surface area contributed by atoms with Crippen LogP contribution < -0.4 is 10.2 Å². The Hall–Kier alpha value is -4.83. The monoisotopic (exact) mass is 602 g/mol. The molecule has 5 nitrogen and oxygen atoms in total. The minimum absolute atomic E-state index is 0.253. The van der Waals surface area contributed by atoms with Crippen molar-refractivity contribution in [1.82, 2.24) is 4.57 Å². The molecule has 5 aromatic carbocycles. The molecule has 2 aliphatic rings. The number of rotatable bonds is 3. The Balaban J connectivity index is 1.21. The van der Waals surface area contributed by atoms with Crippen LogP contribution in [0.5, 0.6) is 11.5 Å². The minimum Gasteiger partial charge on any atom is -0.457 e. The van der Waals surface area contributed by atoms with Crippen molar-refractivity contribution in [1.29, 1.82) is 5.26 Å². The van der Waals surface area contributed by atoms with Crippen molar-refractivity contribution in [3.8, 4) is 34.4 Å². The third kappa shape index (κ3) is 4.23. The van der Waals surface area contributed by atoms with Crippen LogP contribution in [0.1, 0.15) is 58.2 Å². The number of hydrogen-bond acceptors (Lipinski definition) is 4. The van der Waals surface area contributed by atoms with Gasteiger partial charge in [0.2, 0.25) is 0 Å². The molecule has 8 rings (SSSR count). The highest BCUT2D eigenvalue weighted by Crippen LogP contribution is 2.49. The van der Waals surface area contributed by atoms with E-state index in [4.69, 9.17) is 14.0 Å². The first-order valence-corrected chi connectivity index (χ1v) is 15.8. The van der Waals surface area contributed by atoms with Gasteiger partial charge in [-0.15, -0.1) is 0 Å². The average Bonchev–Trinajstić information content (AvgIpc) is 3.48. The molecule has 3 heterocycles. The molecule has 1 aromatic heterocycles. The summed E-state index contributed by atoms with van der Waals surface area (Å²) in [6, 6.07) is 38.1. The number of hydrogen-bond donors (Lipinski definition) is 0. The predicted molar refractivity (Wildman–Crippen MR) is 185 cm³/mol. The Morgan fingerprint density at radius 2 is 1.22 bits per heavy atom. The van der Waals surface area contributed by atoms with Crippen LogP contribution in [0.15, 0.2) is 103 Å². The maximum atomic E-state index is 9.69. The van der Waals surface area contributed by atoms with E-state index in [1.165, 1.54) is 0 Å². The Labute approximate surface area is 270 Å². The zero-order valence-corrected chi connectivity index (χ0v) is 27.0. The first-order valence-electron chi connectivity index (χ1n) is 15.8. The van der Waals surface area contributed by atoms with Crippen molar-refractivity contribution < 1.29 is 14.0 Å². The van der Waals surface area contributed by atoms with E-state index in [9.17, 15) is 5.26 Å². The summed E-state index contributed by atoms with van der Waals surface area (Å²) in [5.74, 6) is 1.67. The molecule has 0 radical (unpaired) electrons. The number of fused-ring (bicyclic) bond motifs is 5. The topological polar surface area (TPSA) is 56.4 Å². The molecule has 1 saturated heterocycles. The highest BCUT2D eigenvalue weighted by molar-refractivity contribution is 6.62. The van der Waals surface area contributed by atoms with E-state index in [-0.39, 0.29) is 5.41 Å². The fourth-order valence-electron chi connectivity index (χ4n) is 6.96. The van der Waals surface area contributed by atoms with Gasteiger partial charge in [0.1, 0.15) is 11.5 Å². The van der Waals surface area contributed by atoms with Gasteiger partial charge in [0, 0.05) is 33.0 Å². The van der Waals surface area contributed by atoms with Crippen LogP contribution in [0.3, 0.4) is 0 Å². The fraction of sp³-hybridized carbons (Fsp3) is 0.225. The van der Waals surface area contributed by atoms with Crippen molar-refractivity contribution >= 4 is 34.4 Å². The summed E-state index contributed by atoms with van der Waals surface area (Å²) >= 11 is 0. The lowest BCUT2D eigenvalue weighted by Gasteiger charge is -2.35. The summed E-state index contributed by atoms with van der Waals surface area (Å²) in [7, 11) is -0.457. The first-order chi connectivity index (χ1) is 22.0. The van der Waals surface area contributed by atoms with Crippen LogP contribution in [0.2, 0.25) is 0 Å². The largest absolute Gasteiger partial charge is 0.494 e. The summed E-state index contributed by atoms with van der Waals surface area (Å²) in [5.41, 5.74) is 8.20. The molecular weight excluding hydrogens is 567 g/mol. The molecule has 0 amide bonds. The highest BCUT2D eigenvalue weighted by atomic mass is 16.7. The molecule has 2 aliphatic heterocycles. The number of benzene rings is 5. The normalized spacial score (nSPS) is 17.4. The van der Waals surface area contributed by atoms with Crippen molar-refractivity contribution in [2.75, 3.05) is 0 Å². The van der Waals surface area contributed by atoms with Gasteiger partial charge >= 0.3 is 7.12 Å². The Morgan fingerprint density at radius 3 is 1.91 bits per heavy atom. The third-order valence-electron chi connectivity index (χ3n) is 10.3. The zero-order valence-electron chi connectivity index (χ0n) is 27.0. The number of aromatic nitrogens is 1. The Morgan fingerprint density at radius 1 is 0.630 bits per heavy atom. The van der Waals surface area contributed by atoms with Crippen LogP contribution in [0, 0.1) is 11.3 Å². The summed E-state index contributed by atoms with van der Waals surface area (Å²) in [5, 5.41) is 11.8. The Kier molecular flexibility index (Phi) is 6.12. The lowest BCUT2D eigenvalue weighted by atomic mass is 9.72.